The molecule has 1 aliphatic rings. The van der Waals surface area contributed by atoms with Crippen LogP contribution in [0.2, 0.25) is 0 Å². The van der Waals surface area contributed by atoms with Crippen LogP contribution in [0.3, 0.4) is 0 Å². The summed E-state index contributed by atoms with van der Waals surface area (Å²) in [5.74, 6) is -0.00595. The van der Waals surface area contributed by atoms with Gasteiger partial charge in [0.2, 0.25) is 5.91 Å². The molecule has 1 amide bonds. The second kappa shape index (κ2) is 8.22. The van der Waals surface area contributed by atoms with Crippen LogP contribution in [0.1, 0.15) is 11.1 Å². The van der Waals surface area contributed by atoms with Gasteiger partial charge in [-0.15, -0.1) is 0 Å². The lowest BCUT2D eigenvalue weighted by molar-refractivity contribution is -0.117. The number of benzene rings is 1. The minimum atomic E-state index is -0.150. The summed E-state index contributed by atoms with van der Waals surface area (Å²) >= 11 is 3.38. The largest absolute Gasteiger partial charge is 0.367 e. The van der Waals surface area contributed by atoms with E-state index in [1.54, 1.807) is 13.2 Å². The lowest BCUT2D eigenvalue weighted by atomic mass is 10.1. The highest BCUT2D eigenvalue weighted by Gasteiger charge is 2.22. The summed E-state index contributed by atoms with van der Waals surface area (Å²) in [6.07, 6.45) is 1.70. The van der Waals surface area contributed by atoms with Crippen molar-refractivity contribution < 1.29 is 4.79 Å². The van der Waals surface area contributed by atoms with Crippen molar-refractivity contribution in [1.29, 1.82) is 0 Å². The molecule has 0 aliphatic carbocycles. The standard InChI is InChI=1S/C19H24BrN5O2/c1-13-5-4-6-15(14(13)2)22-17(26)12-24-7-9-25(10-8-24)16-11-21-23(3)19(27)18(16)20/h4-6,11H,7-10,12H2,1-3H3,(H,22,26). The lowest BCUT2D eigenvalue weighted by Gasteiger charge is -2.35. The van der Waals surface area contributed by atoms with Gasteiger partial charge in [0.15, 0.2) is 0 Å². The minimum absolute atomic E-state index is 0.00595. The quantitative estimate of drug-likeness (QED) is 0.797. The molecule has 2 aromatic rings. The summed E-state index contributed by atoms with van der Waals surface area (Å²) in [6, 6.07) is 5.92. The molecule has 2 heterocycles. The topological polar surface area (TPSA) is 70.5 Å². The smallest absolute Gasteiger partial charge is 0.282 e. The molecule has 0 spiro atoms. The number of halogens is 1. The van der Waals surface area contributed by atoms with Gasteiger partial charge in [0, 0.05) is 38.9 Å². The molecule has 1 fully saturated rings. The van der Waals surface area contributed by atoms with Crippen molar-refractivity contribution in [3.8, 4) is 0 Å². The highest BCUT2D eigenvalue weighted by Crippen LogP contribution is 2.23. The van der Waals surface area contributed by atoms with Crippen molar-refractivity contribution in [2.45, 2.75) is 13.8 Å². The maximum Gasteiger partial charge on any atom is 0.282 e. The van der Waals surface area contributed by atoms with Crippen molar-refractivity contribution in [2.24, 2.45) is 7.05 Å². The van der Waals surface area contributed by atoms with Crippen LogP contribution in [0.4, 0.5) is 11.4 Å². The van der Waals surface area contributed by atoms with Crippen molar-refractivity contribution >= 4 is 33.2 Å². The zero-order valence-corrected chi connectivity index (χ0v) is 17.4. The normalized spacial score (nSPS) is 15.0. The zero-order chi connectivity index (χ0) is 19.6. The van der Waals surface area contributed by atoms with Gasteiger partial charge < -0.3 is 10.2 Å². The average Bonchev–Trinajstić information content (AvgIpc) is 2.65. The van der Waals surface area contributed by atoms with E-state index in [1.807, 2.05) is 32.0 Å². The maximum absolute atomic E-state index is 12.4. The summed E-state index contributed by atoms with van der Waals surface area (Å²) in [4.78, 5) is 28.7. The molecule has 0 bridgehead atoms. The summed E-state index contributed by atoms with van der Waals surface area (Å²) in [5.41, 5.74) is 3.78. The van der Waals surface area contributed by atoms with E-state index in [0.29, 0.717) is 11.0 Å². The van der Waals surface area contributed by atoms with Gasteiger partial charge in [0.25, 0.3) is 5.56 Å². The highest BCUT2D eigenvalue weighted by atomic mass is 79.9. The van der Waals surface area contributed by atoms with Gasteiger partial charge in [-0.05, 0) is 47.0 Å². The highest BCUT2D eigenvalue weighted by molar-refractivity contribution is 9.10. The predicted molar refractivity (Wildman–Crippen MR) is 110 cm³/mol. The second-order valence-electron chi connectivity index (χ2n) is 6.83. The van der Waals surface area contributed by atoms with Crippen molar-refractivity contribution in [2.75, 3.05) is 42.9 Å². The Balaban J connectivity index is 1.57. The third kappa shape index (κ3) is 4.39. The van der Waals surface area contributed by atoms with Crippen LogP contribution in [0.25, 0.3) is 0 Å². The number of hydrogen-bond acceptors (Lipinski definition) is 5. The van der Waals surface area contributed by atoms with E-state index < -0.39 is 0 Å². The minimum Gasteiger partial charge on any atom is -0.367 e. The monoisotopic (exact) mass is 433 g/mol. The van der Waals surface area contributed by atoms with Crippen molar-refractivity contribution in [3.05, 3.63) is 50.3 Å². The van der Waals surface area contributed by atoms with E-state index in [0.717, 1.165) is 48.7 Å². The average molecular weight is 434 g/mol. The molecule has 7 nitrogen and oxygen atoms in total. The first-order valence-corrected chi connectivity index (χ1v) is 9.71. The Hall–Kier alpha value is -2.19. The summed E-state index contributed by atoms with van der Waals surface area (Å²) in [7, 11) is 1.63. The molecule has 3 rings (SSSR count). The van der Waals surface area contributed by atoms with Crippen LogP contribution < -0.4 is 15.8 Å². The van der Waals surface area contributed by atoms with Crippen molar-refractivity contribution in [1.82, 2.24) is 14.7 Å². The molecule has 0 radical (unpaired) electrons. The van der Waals surface area contributed by atoms with Crippen LogP contribution in [0, 0.1) is 13.8 Å². The number of piperazine rings is 1. The Kier molecular flexibility index (Phi) is 5.96. The third-order valence-corrected chi connectivity index (χ3v) is 5.76. The fourth-order valence-corrected chi connectivity index (χ4v) is 3.76. The summed E-state index contributed by atoms with van der Waals surface area (Å²) in [6.45, 7) is 7.39. The van der Waals surface area contributed by atoms with Gasteiger partial charge in [-0.3, -0.25) is 14.5 Å². The first kappa shape index (κ1) is 19.6. The fourth-order valence-electron chi connectivity index (χ4n) is 3.15. The van der Waals surface area contributed by atoms with Gasteiger partial charge in [-0.2, -0.15) is 5.10 Å². The Bertz CT molecular complexity index is 903. The molecular weight excluding hydrogens is 410 g/mol. The number of amides is 1. The number of aryl methyl sites for hydroxylation is 2. The SMILES string of the molecule is Cc1cccc(NC(=O)CN2CCN(c3cnn(C)c(=O)c3Br)CC2)c1C. The van der Waals surface area contributed by atoms with E-state index in [9.17, 15) is 9.59 Å². The third-order valence-electron chi connectivity index (χ3n) is 5.02. The van der Waals surface area contributed by atoms with E-state index in [4.69, 9.17) is 0 Å². The number of anilines is 2. The number of hydrogen-bond donors (Lipinski definition) is 1. The van der Waals surface area contributed by atoms with E-state index in [-0.39, 0.29) is 11.5 Å². The second-order valence-corrected chi connectivity index (χ2v) is 7.62. The van der Waals surface area contributed by atoms with Gasteiger partial charge in [0.1, 0.15) is 4.47 Å². The molecule has 1 N–H and O–H groups in total. The zero-order valence-electron chi connectivity index (χ0n) is 15.8. The molecule has 1 saturated heterocycles. The number of carbonyl (C=O) groups is 1. The molecule has 1 aromatic carbocycles. The first-order valence-electron chi connectivity index (χ1n) is 8.92. The van der Waals surface area contributed by atoms with Gasteiger partial charge in [-0.25, -0.2) is 4.68 Å². The molecule has 0 unspecified atom stereocenters. The van der Waals surface area contributed by atoms with E-state index in [2.05, 4.69) is 36.1 Å². The molecule has 144 valence electrons. The number of rotatable bonds is 4. The van der Waals surface area contributed by atoms with Crippen molar-refractivity contribution in [3.63, 3.8) is 0 Å². The van der Waals surface area contributed by atoms with Crippen LogP contribution in [0.5, 0.6) is 0 Å². The Morgan fingerprint density at radius 3 is 2.63 bits per heavy atom. The molecule has 1 aromatic heterocycles. The summed E-state index contributed by atoms with van der Waals surface area (Å²) < 4.78 is 1.84. The van der Waals surface area contributed by atoms with E-state index in [1.165, 1.54) is 4.68 Å². The Labute approximate surface area is 167 Å². The molecule has 1 aliphatic heterocycles. The molecule has 8 heteroatoms. The lowest BCUT2D eigenvalue weighted by Crippen LogP contribution is -2.49. The predicted octanol–water partition coefficient (Wildman–Crippen LogP) is 1.92. The van der Waals surface area contributed by atoms with Gasteiger partial charge in [-0.1, -0.05) is 12.1 Å². The molecule has 27 heavy (non-hydrogen) atoms. The Morgan fingerprint density at radius 2 is 1.93 bits per heavy atom. The van der Waals surface area contributed by atoms with Gasteiger partial charge >= 0.3 is 0 Å². The number of aromatic nitrogens is 2. The first-order chi connectivity index (χ1) is 12.9. The van der Waals surface area contributed by atoms with Gasteiger partial charge in [0.05, 0.1) is 18.4 Å². The maximum atomic E-state index is 12.4. The number of carbonyl (C=O) groups excluding carboxylic acids is 1. The van der Waals surface area contributed by atoms with Crippen LogP contribution in [-0.2, 0) is 11.8 Å². The van der Waals surface area contributed by atoms with Crippen LogP contribution >= 0.6 is 15.9 Å². The van der Waals surface area contributed by atoms with Crippen LogP contribution in [-0.4, -0.2) is 53.3 Å². The van der Waals surface area contributed by atoms with Crippen LogP contribution in [0.15, 0.2) is 33.7 Å². The fraction of sp³-hybridized carbons (Fsp3) is 0.421. The summed E-state index contributed by atoms with van der Waals surface area (Å²) in [5, 5.41) is 7.11. The Morgan fingerprint density at radius 1 is 1.22 bits per heavy atom. The number of nitrogens with one attached hydrogen (secondary N) is 1. The number of nitrogens with zero attached hydrogens (tertiary/aromatic N) is 4. The molecule has 0 atom stereocenters. The van der Waals surface area contributed by atoms with E-state index >= 15 is 0 Å². The molecule has 0 saturated carbocycles. The molecular formula is C19H24BrN5O2.